The molecule has 0 aliphatic rings. The summed E-state index contributed by atoms with van der Waals surface area (Å²) >= 11 is 6.20. The highest BCUT2D eigenvalue weighted by Crippen LogP contribution is 2.16. The number of nitrogens with zero attached hydrogens (tertiary/aromatic N) is 2. The number of pyridine rings is 1. The van der Waals surface area contributed by atoms with E-state index in [4.69, 9.17) is 11.6 Å². The van der Waals surface area contributed by atoms with Crippen LogP contribution in [0.4, 0.5) is 0 Å². The van der Waals surface area contributed by atoms with E-state index in [1.54, 1.807) is 30.3 Å². The molecule has 1 amide bonds. The zero-order chi connectivity index (χ0) is 20.6. The fourth-order valence-electron chi connectivity index (χ4n) is 3.24. The molecule has 0 atom stereocenters. The van der Waals surface area contributed by atoms with Gasteiger partial charge in [0.2, 0.25) is 0 Å². The van der Waals surface area contributed by atoms with Crippen LogP contribution in [-0.2, 0) is 13.0 Å². The highest BCUT2D eigenvalue weighted by molar-refractivity contribution is 6.31. The third-order valence-corrected chi connectivity index (χ3v) is 5.30. The zero-order valence-electron chi connectivity index (χ0n) is 16.6. The number of rotatable bonds is 8. The van der Waals surface area contributed by atoms with Gasteiger partial charge in [-0.3, -0.25) is 9.59 Å². The summed E-state index contributed by atoms with van der Waals surface area (Å²) in [5.41, 5.74) is 2.50. The van der Waals surface area contributed by atoms with Gasteiger partial charge in [0, 0.05) is 30.9 Å². The molecule has 0 radical (unpaired) electrons. The Bertz CT molecular complexity index is 1010. The van der Waals surface area contributed by atoms with Crippen molar-refractivity contribution in [2.45, 2.75) is 25.8 Å². The summed E-state index contributed by atoms with van der Waals surface area (Å²) in [7, 11) is 1.80. The number of carbonyl (C=O) groups is 1. The van der Waals surface area contributed by atoms with Gasteiger partial charge in [0.25, 0.3) is 11.5 Å². The molecule has 29 heavy (non-hydrogen) atoms. The minimum absolute atomic E-state index is 0.0855. The molecule has 0 N–H and O–H groups in total. The van der Waals surface area contributed by atoms with E-state index in [2.05, 4.69) is 12.1 Å². The van der Waals surface area contributed by atoms with E-state index >= 15 is 0 Å². The molecule has 1 aromatic heterocycles. The van der Waals surface area contributed by atoms with Crippen molar-refractivity contribution in [2.24, 2.45) is 0 Å². The number of hydrogen-bond acceptors (Lipinski definition) is 2. The number of aromatic nitrogens is 1. The topological polar surface area (TPSA) is 42.3 Å². The largest absolute Gasteiger partial charge is 0.342 e. The van der Waals surface area contributed by atoms with Crippen molar-refractivity contribution in [1.82, 2.24) is 9.47 Å². The van der Waals surface area contributed by atoms with Crippen LogP contribution < -0.4 is 5.56 Å². The first-order chi connectivity index (χ1) is 14.0. The van der Waals surface area contributed by atoms with Crippen molar-refractivity contribution in [3.8, 4) is 0 Å². The summed E-state index contributed by atoms with van der Waals surface area (Å²) in [5.74, 6) is -0.0855. The van der Waals surface area contributed by atoms with Crippen molar-refractivity contribution in [3.05, 3.63) is 105 Å². The van der Waals surface area contributed by atoms with Crippen LogP contribution in [0, 0.1) is 0 Å². The average Bonchev–Trinajstić information content (AvgIpc) is 2.74. The molecule has 3 rings (SSSR count). The Morgan fingerprint density at radius 3 is 2.45 bits per heavy atom. The van der Waals surface area contributed by atoms with Crippen molar-refractivity contribution < 1.29 is 4.79 Å². The molecule has 0 fully saturated rings. The number of aryl methyl sites for hydroxylation is 1. The van der Waals surface area contributed by atoms with Crippen LogP contribution in [0.5, 0.6) is 0 Å². The highest BCUT2D eigenvalue weighted by Gasteiger charge is 2.13. The Kier molecular flexibility index (Phi) is 7.25. The SMILES string of the molecule is CN(CCCCc1ccccc1)C(=O)c1ccc(=O)n(Cc2ccccc2Cl)c1. The van der Waals surface area contributed by atoms with E-state index in [-0.39, 0.29) is 11.5 Å². The molecule has 0 aliphatic heterocycles. The summed E-state index contributed by atoms with van der Waals surface area (Å²) < 4.78 is 1.53. The molecule has 1 heterocycles. The number of unbranched alkanes of at least 4 members (excludes halogenated alkanes) is 1. The predicted molar refractivity (Wildman–Crippen MR) is 118 cm³/mol. The first-order valence-electron chi connectivity index (χ1n) is 9.78. The lowest BCUT2D eigenvalue weighted by atomic mass is 10.1. The quantitative estimate of drug-likeness (QED) is 0.509. The molecule has 3 aromatic rings. The predicted octanol–water partition coefficient (Wildman–Crippen LogP) is 4.64. The second kappa shape index (κ2) is 10.1. The van der Waals surface area contributed by atoms with Gasteiger partial charge in [0.05, 0.1) is 12.1 Å². The Hall–Kier alpha value is -2.85. The monoisotopic (exact) mass is 408 g/mol. The van der Waals surface area contributed by atoms with Crippen LogP contribution in [0.2, 0.25) is 5.02 Å². The fraction of sp³-hybridized carbons (Fsp3) is 0.250. The molecule has 2 aromatic carbocycles. The lowest BCUT2D eigenvalue weighted by Crippen LogP contribution is -2.30. The van der Waals surface area contributed by atoms with Crippen molar-refractivity contribution in [3.63, 3.8) is 0 Å². The number of benzene rings is 2. The first kappa shape index (κ1) is 20.9. The molecular formula is C24H25ClN2O2. The van der Waals surface area contributed by atoms with Gasteiger partial charge in [-0.2, -0.15) is 0 Å². The Morgan fingerprint density at radius 2 is 1.69 bits per heavy atom. The van der Waals surface area contributed by atoms with Crippen LogP contribution in [-0.4, -0.2) is 29.0 Å². The Labute approximate surface area is 176 Å². The standard InChI is InChI=1S/C24H25ClN2O2/c1-26(16-8-7-11-19-9-3-2-4-10-19)24(29)21-14-15-23(28)27(18-21)17-20-12-5-6-13-22(20)25/h2-6,9-10,12-15,18H,7-8,11,16-17H2,1H3. The molecule has 0 aliphatic carbocycles. The molecule has 0 saturated heterocycles. The van der Waals surface area contributed by atoms with Crippen LogP contribution >= 0.6 is 11.6 Å². The van der Waals surface area contributed by atoms with Crippen LogP contribution in [0.15, 0.2) is 77.7 Å². The lowest BCUT2D eigenvalue weighted by Gasteiger charge is -2.18. The van der Waals surface area contributed by atoms with E-state index in [1.807, 2.05) is 36.4 Å². The second-order valence-electron chi connectivity index (χ2n) is 7.14. The van der Waals surface area contributed by atoms with Gasteiger partial charge in [-0.15, -0.1) is 0 Å². The van der Waals surface area contributed by atoms with Gasteiger partial charge in [0.1, 0.15) is 0 Å². The number of halogens is 1. The second-order valence-corrected chi connectivity index (χ2v) is 7.55. The average molecular weight is 409 g/mol. The number of hydrogen-bond donors (Lipinski definition) is 0. The maximum atomic E-state index is 12.8. The summed E-state index contributed by atoms with van der Waals surface area (Å²) in [5, 5.41) is 0.603. The van der Waals surface area contributed by atoms with Gasteiger partial charge < -0.3 is 9.47 Å². The van der Waals surface area contributed by atoms with Gasteiger partial charge in [-0.05, 0) is 42.5 Å². The highest BCUT2D eigenvalue weighted by atomic mass is 35.5. The van der Waals surface area contributed by atoms with Crippen molar-refractivity contribution in [1.29, 1.82) is 0 Å². The van der Waals surface area contributed by atoms with E-state index < -0.39 is 0 Å². The van der Waals surface area contributed by atoms with Gasteiger partial charge >= 0.3 is 0 Å². The fourth-order valence-corrected chi connectivity index (χ4v) is 3.43. The molecule has 5 heteroatoms. The Balaban J connectivity index is 1.59. The molecule has 150 valence electrons. The zero-order valence-corrected chi connectivity index (χ0v) is 17.3. The maximum absolute atomic E-state index is 12.8. The van der Waals surface area contributed by atoms with Gasteiger partial charge in [-0.25, -0.2) is 0 Å². The minimum Gasteiger partial charge on any atom is -0.342 e. The minimum atomic E-state index is -0.160. The number of carbonyl (C=O) groups excluding carboxylic acids is 1. The summed E-state index contributed by atoms with van der Waals surface area (Å²) in [6.45, 7) is 1.01. The Morgan fingerprint density at radius 1 is 0.966 bits per heavy atom. The van der Waals surface area contributed by atoms with E-state index in [0.29, 0.717) is 23.7 Å². The van der Waals surface area contributed by atoms with Gasteiger partial charge in [-0.1, -0.05) is 60.1 Å². The normalized spacial score (nSPS) is 10.7. The summed E-state index contributed by atoms with van der Waals surface area (Å²) in [4.78, 5) is 26.7. The maximum Gasteiger partial charge on any atom is 0.255 e. The van der Waals surface area contributed by atoms with Crippen molar-refractivity contribution >= 4 is 17.5 Å². The molecule has 0 bridgehead atoms. The van der Waals surface area contributed by atoms with Crippen LogP contribution in [0.25, 0.3) is 0 Å². The van der Waals surface area contributed by atoms with Gasteiger partial charge in [0.15, 0.2) is 0 Å². The molecule has 0 saturated carbocycles. The molecule has 4 nitrogen and oxygen atoms in total. The van der Waals surface area contributed by atoms with Crippen LogP contribution in [0.1, 0.15) is 34.3 Å². The van der Waals surface area contributed by atoms with E-state index in [0.717, 1.165) is 24.8 Å². The summed E-state index contributed by atoms with van der Waals surface area (Å²) in [6.07, 6.45) is 4.57. The molecule has 0 spiro atoms. The van der Waals surface area contributed by atoms with E-state index in [1.165, 1.54) is 16.2 Å². The molecular weight excluding hydrogens is 384 g/mol. The smallest absolute Gasteiger partial charge is 0.255 e. The third-order valence-electron chi connectivity index (χ3n) is 4.93. The lowest BCUT2D eigenvalue weighted by molar-refractivity contribution is 0.0792. The molecule has 0 unspecified atom stereocenters. The van der Waals surface area contributed by atoms with E-state index in [9.17, 15) is 9.59 Å². The first-order valence-corrected chi connectivity index (χ1v) is 10.2. The number of amides is 1. The van der Waals surface area contributed by atoms with Crippen LogP contribution in [0.3, 0.4) is 0 Å². The van der Waals surface area contributed by atoms with Crippen molar-refractivity contribution in [2.75, 3.05) is 13.6 Å². The third kappa shape index (κ3) is 5.81. The summed E-state index contributed by atoms with van der Waals surface area (Å²) in [6, 6.07) is 20.8.